The lowest BCUT2D eigenvalue weighted by atomic mass is 10.6. The minimum atomic E-state index is 0.255. The topological polar surface area (TPSA) is 69.2 Å². The molecular weight excluding hydrogens is 122 g/mol. The van der Waals surface area contributed by atoms with Crippen molar-refractivity contribution in [1.29, 1.82) is 0 Å². The van der Waals surface area contributed by atoms with Crippen LogP contribution in [0.1, 0.15) is 0 Å². The first-order valence-electron chi connectivity index (χ1n) is 2.27. The maximum absolute atomic E-state index is 9.83. The number of hydroxylamine groups is 1. The van der Waals surface area contributed by atoms with Gasteiger partial charge in [0.15, 0.2) is 5.82 Å². The molecule has 1 amide bonds. The van der Waals surface area contributed by atoms with Gasteiger partial charge >= 0.3 is 0 Å². The fraction of sp³-hybridized carbons (Fsp3) is 0. The third-order valence-corrected chi connectivity index (χ3v) is 0.833. The van der Waals surface area contributed by atoms with Crippen molar-refractivity contribution < 1.29 is 10.0 Å². The van der Waals surface area contributed by atoms with Gasteiger partial charge in [0.25, 0.3) is 0 Å². The Morgan fingerprint density at radius 2 is 2.67 bits per heavy atom. The van der Waals surface area contributed by atoms with Crippen molar-refractivity contribution >= 4 is 12.2 Å². The second-order valence-electron chi connectivity index (χ2n) is 1.39. The molecule has 0 bridgehead atoms. The second-order valence-corrected chi connectivity index (χ2v) is 1.39. The number of nitrogens with one attached hydrogen (secondary N) is 1. The van der Waals surface area contributed by atoms with E-state index in [2.05, 4.69) is 10.2 Å². The van der Waals surface area contributed by atoms with Crippen LogP contribution in [-0.4, -0.2) is 21.8 Å². The zero-order chi connectivity index (χ0) is 6.69. The van der Waals surface area contributed by atoms with Crippen LogP contribution >= 0.6 is 0 Å². The number of nitrogens with zero attached hydrogens (tertiary/aromatic N) is 2. The number of H-pyrrole nitrogens is 1. The average molecular weight is 127 g/mol. The van der Waals surface area contributed by atoms with Crippen LogP contribution in [0.3, 0.4) is 0 Å². The summed E-state index contributed by atoms with van der Waals surface area (Å²) in [6.07, 6.45) is 1.70. The average Bonchev–Trinajstić information content (AvgIpc) is 2.37. The van der Waals surface area contributed by atoms with Crippen molar-refractivity contribution in [3.05, 3.63) is 12.3 Å². The maximum Gasteiger partial charge on any atom is 0.239 e. The van der Waals surface area contributed by atoms with Crippen LogP contribution in [0.15, 0.2) is 12.3 Å². The number of aromatic amines is 1. The standard InChI is InChI=1S/C4H5N3O2/c8-3-7(9)4-1-2-5-6-4/h1-3,9H,(H,5,6). The molecule has 0 saturated heterocycles. The molecule has 0 aliphatic rings. The monoisotopic (exact) mass is 127 g/mol. The lowest BCUT2D eigenvalue weighted by molar-refractivity contribution is -0.111. The van der Waals surface area contributed by atoms with Gasteiger partial charge in [0.2, 0.25) is 6.41 Å². The van der Waals surface area contributed by atoms with Gasteiger partial charge in [-0.2, -0.15) is 10.2 Å². The van der Waals surface area contributed by atoms with Gasteiger partial charge in [-0.15, -0.1) is 0 Å². The van der Waals surface area contributed by atoms with Gasteiger partial charge < -0.3 is 0 Å². The highest BCUT2D eigenvalue weighted by atomic mass is 16.5. The number of aromatic nitrogens is 2. The second kappa shape index (κ2) is 2.27. The predicted molar refractivity (Wildman–Crippen MR) is 28.9 cm³/mol. The van der Waals surface area contributed by atoms with E-state index in [9.17, 15) is 4.79 Å². The largest absolute Gasteiger partial charge is 0.280 e. The van der Waals surface area contributed by atoms with E-state index in [-0.39, 0.29) is 12.2 Å². The Kier molecular flexibility index (Phi) is 1.46. The van der Waals surface area contributed by atoms with E-state index in [4.69, 9.17) is 5.21 Å². The van der Waals surface area contributed by atoms with E-state index < -0.39 is 0 Å². The molecule has 0 atom stereocenters. The molecule has 9 heavy (non-hydrogen) atoms. The molecule has 1 aromatic rings. The van der Waals surface area contributed by atoms with Gasteiger partial charge in [0.1, 0.15) is 0 Å². The van der Waals surface area contributed by atoms with Gasteiger partial charge in [0, 0.05) is 6.07 Å². The summed E-state index contributed by atoms with van der Waals surface area (Å²) in [6.45, 7) is 0. The molecule has 0 saturated carbocycles. The molecule has 0 spiro atoms. The van der Waals surface area contributed by atoms with E-state index in [0.29, 0.717) is 5.06 Å². The Balaban J connectivity index is 2.76. The van der Waals surface area contributed by atoms with Gasteiger partial charge in [-0.1, -0.05) is 0 Å². The zero-order valence-corrected chi connectivity index (χ0v) is 4.48. The summed E-state index contributed by atoms with van der Waals surface area (Å²) in [5.74, 6) is 0.255. The first-order chi connectivity index (χ1) is 4.34. The summed E-state index contributed by atoms with van der Waals surface area (Å²) in [7, 11) is 0. The number of carbonyl (C=O) groups is 1. The van der Waals surface area contributed by atoms with Crippen molar-refractivity contribution in [3.8, 4) is 0 Å². The molecule has 1 heterocycles. The van der Waals surface area contributed by atoms with Crippen molar-refractivity contribution in [3.63, 3.8) is 0 Å². The van der Waals surface area contributed by atoms with E-state index in [1.807, 2.05) is 0 Å². The summed E-state index contributed by atoms with van der Waals surface area (Å²) in [5.41, 5.74) is 0. The van der Waals surface area contributed by atoms with Gasteiger partial charge in [0.05, 0.1) is 6.20 Å². The molecule has 0 aliphatic heterocycles. The number of hydrogen-bond donors (Lipinski definition) is 2. The van der Waals surface area contributed by atoms with Crippen LogP contribution in [0, 0.1) is 0 Å². The van der Waals surface area contributed by atoms with Gasteiger partial charge in [-0.25, -0.2) is 0 Å². The summed E-state index contributed by atoms with van der Waals surface area (Å²) < 4.78 is 0. The van der Waals surface area contributed by atoms with Crippen LogP contribution in [0.2, 0.25) is 0 Å². The van der Waals surface area contributed by atoms with Gasteiger partial charge in [-0.05, 0) is 0 Å². The maximum atomic E-state index is 9.83. The number of rotatable bonds is 2. The number of anilines is 1. The fourth-order valence-corrected chi connectivity index (χ4v) is 0.433. The minimum absolute atomic E-state index is 0.255. The molecule has 0 aliphatic carbocycles. The van der Waals surface area contributed by atoms with Gasteiger partial charge in [-0.3, -0.25) is 15.1 Å². The lowest BCUT2D eigenvalue weighted by Crippen LogP contribution is -2.14. The Morgan fingerprint density at radius 1 is 1.89 bits per heavy atom. The minimum Gasteiger partial charge on any atom is -0.280 e. The first-order valence-corrected chi connectivity index (χ1v) is 2.27. The van der Waals surface area contributed by atoms with Crippen molar-refractivity contribution in [2.45, 2.75) is 0 Å². The van der Waals surface area contributed by atoms with E-state index >= 15 is 0 Å². The highest BCUT2D eigenvalue weighted by molar-refractivity contribution is 5.68. The molecule has 1 aromatic heterocycles. The number of hydrogen-bond acceptors (Lipinski definition) is 3. The molecule has 48 valence electrons. The third-order valence-electron chi connectivity index (χ3n) is 0.833. The smallest absolute Gasteiger partial charge is 0.239 e. The molecule has 1 rings (SSSR count). The quantitative estimate of drug-likeness (QED) is 0.327. The molecule has 5 heteroatoms. The van der Waals surface area contributed by atoms with Crippen LogP contribution in [-0.2, 0) is 4.79 Å². The summed E-state index contributed by atoms with van der Waals surface area (Å²) in [5, 5.41) is 14.9. The van der Waals surface area contributed by atoms with Crippen molar-refractivity contribution in [1.82, 2.24) is 10.2 Å². The molecule has 0 fully saturated rings. The summed E-state index contributed by atoms with van der Waals surface area (Å²) in [6, 6.07) is 1.47. The predicted octanol–water partition coefficient (Wildman–Crippen LogP) is -0.238. The Morgan fingerprint density at radius 3 is 3.11 bits per heavy atom. The molecule has 0 radical (unpaired) electrons. The van der Waals surface area contributed by atoms with Crippen molar-refractivity contribution in [2.24, 2.45) is 0 Å². The highest BCUT2D eigenvalue weighted by Gasteiger charge is 1.98. The molecular formula is C4H5N3O2. The van der Waals surface area contributed by atoms with Crippen LogP contribution in [0.25, 0.3) is 0 Å². The zero-order valence-electron chi connectivity index (χ0n) is 4.48. The van der Waals surface area contributed by atoms with Crippen molar-refractivity contribution in [2.75, 3.05) is 5.06 Å². The first kappa shape index (κ1) is 5.77. The fourth-order valence-electron chi connectivity index (χ4n) is 0.433. The Labute approximate surface area is 50.9 Å². The third kappa shape index (κ3) is 1.06. The SMILES string of the molecule is O=CN(O)c1ccn[nH]1. The lowest BCUT2D eigenvalue weighted by Gasteiger charge is -2.01. The van der Waals surface area contributed by atoms with Crippen LogP contribution < -0.4 is 5.06 Å². The summed E-state index contributed by atoms with van der Waals surface area (Å²) in [4.78, 5) is 9.83. The Hall–Kier alpha value is -1.36. The number of carbonyl (C=O) groups excluding carboxylic acids is 1. The van der Waals surface area contributed by atoms with E-state index in [0.717, 1.165) is 0 Å². The Bertz CT molecular complexity index is 184. The summed E-state index contributed by atoms with van der Waals surface area (Å²) >= 11 is 0. The molecule has 5 nitrogen and oxygen atoms in total. The van der Waals surface area contributed by atoms with Crippen LogP contribution in [0.4, 0.5) is 5.82 Å². The molecule has 2 N–H and O–H groups in total. The number of amides is 1. The van der Waals surface area contributed by atoms with Crippen LogP contribution in [0.5, 0.6) is 0 Å². The highest BCUT2D eigenvalue weighted by Crippen LogP contribution is 2.01. The van der Waals surface area contributed by atoms with E-state index in [1.54, 1.807) is 0 Å². The van der Waals surface area contributed by atoms with E-state index in [1.165, 1.54) is 12.3 Å². The molecule has 0 unspecified atom stereocenters. The normalized spacial score (nSPS) is 9.00. The molecule has 0 aromatic carbocycles.